The first-order chi connectivity index (χ1) is 9.56. The molecule has 0 atom stereocenters. The molecule has 2 rings (SSSR count). The number of hydrogen-bond acceptors (Lipinski definition) is 3. The molecule has 0 bridgehead atoms. The number of ketones is 1. The Morgan fingerprint density at radius 3 is 2.20 bits per heavy atom. The van der Waals surface area contributed by atoms with Crippen molar-refractivity contribution >= 4 is 33.3 Å². The van der Waals surface area contributed by atoms with Crippen LogP contribution in [-0.2, 0) is 0 Å². The van der Waals surface area contributed by atoms with Crippen LogP contribution in [0.1, 0.15) is 15.9 Å². The van der Waals surface area contributed by atoms with Gasteiger partial charge in [-0.2, -0.15) is 0 Å². The van der Waals surface area contributed by atoms with Crippen molar-refractivity contribution in [3.05, 3.63) is 57.0 Å². The molecule has 0 heterocycles. The quantitative estimate of drug-likeness (QED) is 0.765. The average molecular weight is 356 g/mol. The molecule has 0 saturated heterocycles. The first kappa shape index (κ1) is 14.9. The Morgan fingerprint density at radius 1 is 1.10 bits per heavy atom. The molecule has 0 aliphatic carbocycles. The van der Waals surface area contributed by atoms with Crippen molar-refractivity contribution in [2.24, 2.45) is 0 Å². The standard InChI is InChI=1S/C15H12BrClO3/c1-19-12-4-3-5-13(20-2)14(12)15(18)9-6-10(16)8-11(17)7-9/h3-8H,1-2H3. The summed E-state index contributed by atoms with van der Waals surface area (Å²) in [5.74, 6) is 0.721. The molecule has 2 aromatic rings. The van der Waals surface area contributed by atoms with Gasteiger partial charge in [0, 0.05) is 15.1 Å². The number of benzene rings is 2. The Balaban J connectivity index is 2.58. The van der Waals surface area contributed by atoms with Crippen molar-refractivity contribution in [1.29, 1.82) is 0 Å². The molecular weight excluding hydrogens is 344 g/mol. The molecule has 3 nitrogen and oxygen atoms in total. The van der Waals surface area contributed by atoms with Crippen LogP contribution < -0.4 is 9.47 Å². The zero-order valence-electron chi connectivity index (χ0n) is 10.9. The van der Waals surface area contributed by atoms with Crippen molar-refractivity contribution in [3.8, 4) is 11.5 Å². The van der Waals surface area contributed by atoms with E-state index < -0.39 is 0 Å². The van der Waals surface area contributed by atoms with E-state index in [2.05, 4.69) is 15.9 Å². The molecule has 5 heteroatoms. The fraction of sp³-hybridized carbons (Fsp3) is 0.133. The van der Waals surface area contributed by atoms with Crippen LogP contribution in [0.4, 0.5) is 0 Å². The monoisotopic (exact) mass is 354 g/mol. The van der Waals surface area contributed by atoms with E-state index in [0.717, 1.165) is 4.47 Å². The predicted molar refractivity (Wildman–Crippen MR) is 82.1 cm³/mol. The maximum atomic E-state index is 12.7. The van der Waals surface area contributed by atoms with E-state index in [1.165, 1.54) is 14.2 Å². The second-order valence-corrected chi connectivity index (χ2v) is 5.38. The molecule has 0 spiro atoms. The molecule has 0 fully saturated rings. The van der Waals surface area contributed by atoms with Crippen LogP contribution in [0.15, 0.2) is 40.9 Å². The number of halogens is 2. The van der Waals surface area contributed by atoms with Gasteiger partial charge in [0.15, 0.2) is 0 Å². The van der Waals surface area contributed by atoms with E-state index in [1.807, 2.05) is 0 Å². The highest BCUT2D eigenvalue weighted by Crippen LogP contribution is 2.32. The third kappa shape index (κ3) is 2.97. The van der Waals surface area contributed by atoms with Crippen molar-refractivity contribution in [2.45, 2.75) is 0 Å². The van der Waals surface area contributed by atoms with Crippen LogP contribution >= 0.6 is 27.5 Å². The summed E-state index contributed by atoms with van der Waals surface area (Å²) in [7, 11) is 3.03. The van der Waals surface area contributed by atoms with Gasteiger partial charge >= 0.3 is 0 Å². The van der Waals surface area contributed by atoms with Crippen LogP contribution in [0.3, 0.4) is 0 Å². The van der Waals surface area contributed by atoms with Gasteiger partial charge in [-0.15, -0.1) is 0 Å². The van der Waals surface area contributed by atoms with Crippen LogP contribution in [0.25, 0.3) is 0 Å². The normalized spacial score (nSPS) is 10.2. The van der Waals surface area contributed by atoms with Crippen molar-refractivity contribution in [1.82, 2.24) is 0 Å². The van der Waals surface area contributed by atoms with Gasteiger partial charge < -0.3 is 9.47 Å². The summed E-state index contributed by atoms with van der Waals surface area (Å²) in [6.45, 7) is 0. The third-order valence-electron chi connectivity index (χ3n) is 2.78. The molecule has 0 saturated carbocycles. The summed E-state index contributed by atoms with van der Waals surface area (Å²) in [5, 5.41) is 0.483. The molecule has 0 radical (unpaired) electrons. The Morgan fingerprint density at radius 2 is 1.70 bits per heavy atom. The summed E-state index contributed by atoms with van der Waals surface area (Å²) in [4.78, 5) is 12.7. The minimum absolute atomic E-state index is 0.206. The van der Waals surface area contributed by atoms with E-state index in [4.69, 9.17) is 21.1 Å². The van der Waals surface area contributed by atoms with E-state index in [1.54, 1.807) is 36.4 Å². The van der Waals surface area contributed by atoms with E-state index in [-0.39, 0.29) is 5.78 Å². The second kappa shape index (κ2) is 6.29. The van der Waals surface area contributed by atoms with E-state index >= 15 is 0 Å². The lowest BCUT2D eigenvalue weighted by molar-refractivity contribution is 0.103. The van der Waals surface area contributed by atoms with Gasteiger partial charge in [-0.3, -0.25) is 4.79 Å². The Kier molecular flexibility index (Phi) is 4.68. The molecule has 0 N–H and O–H groups in total. The molecule has 0 aromatic heterocycles. The highest BCUT2D eigenvalue weighted by molar-refractivity contribution is 9.10. The van der Waals surface area contributed by atoms with Gasteiger partial charge in [0.05, 0.1) is 14.2 Å². The summed E-state index contributed by atoms with van der Waals surface area (Å²) in [6, 6.07) is 10.2. The summed E-state index contributed by atoms with van der Waals surface area (Å²) < 4.78 is 11.2. The van der Waals surface area contributed by atoms with Crippen LogP contribution in [0, 0.1) is 0 Å². The summed E-state index contributed by atoms with van der Waals surface area (Å²) in [5.41, 5.74) is 0.846. The summed E-state index contributed by atoms with van der Waals surface area (Å²) >= 11 is 9.31. The minimum atomic E-state index is -0.206. The smallest absolute Gasteiger partial charge is 0.200 e. The molecule has 104 valence electrons. The predicted octanol–water partition coefficient (Wildman–Crippen LogP) is 4.35. The maximum Gasteiger partial charge on any atom is 0.200 e. The number of methoxy groups -OCH3 is 2. The van der Waals surface area contributed by atoms with Gasteiger partial charge in [-0.25, -0.2) is 0 Å². The fourth-order valence-electron chi connectivity index (χ4n) is 1.90. The Bertz CT molecular complexity index is 613. The van der Waals surface area contributed by atoms with E-state index in [0.29, 0.717) is 27.6 Å². The molecule has 0 amide bonds. The van der Waals surface area contributed by atoms with E-state index in [9.17, 15) is 4.79 Å². The minimum Gasteiger partial charge on any atom is -0.496 e. The molecule has 0 aliphatic heterocycles. The highest BCUT2D eigenvalue weighted by Gasteiger charge is 2.20. The maximum absolute atomic E-state index is 12.7. The molecule has 2 aromatic carbocycles. The number of carbonyl (C=O) groups excluding carboxylic acids is 1. The van der Waals surface area contributed by atoms with Gasteiger partial charge in [0.25, 0.3) is 0 Å². The highest BCUT2D eigenvalue weighted by atomic mass is 79.9. The number of rotatable bonds is 4. The van der Waals surface area contributed by atoms with Crippen molar-refractivity contribution in [3.63, 3.8) is 0 Å². The number of hydrogen-bond donors (Lipinski definition) is 0. The molecule has 0 aliphatic rings. The Labute approximate surface area is 130 Å². The lowest BCUT2D eigenvalue weighted by Gasteiger charge is -2.12. The molecule has 0 unspecified atom stereocenters. The zero-order valence-corrected chi connectivity index (χ0v) is 13.3. The fourth-order valence-corrected chi connectivity index (χ4v) is 2.76. The van der Waals surface area contributed by atoms with Crippen LogP contribution in [0.2, 0.25) is 5.02 Å². The Hall–Kier alpha value is -1.52. The van der Waals surface area contributed by atoms with Crippen molar-refractivity contribution < 1.29 is 14.3 Å². The van der Waals surface area contributed by atoms with Gasteiger partial charge in [0.1, 0.15) is 17.1 Å². The lowest BCUT2D eigenvalue weighted by atomic mass is 10.0. The van der Waals surface area contributed by atoms with Crippen molar-refractivity contribution in [2.75, 3.05) is 14.2 Å². The first-order valence-corrected chi connectivity index (χ1v) is 6.95. The SMILES string of the molecule is COc1cccc(OC)c1C(=O)c1cc(Cl)cc(Br)c1. The topological polar surface area (TPSA) is 35.5 Å². The average Bonchev–Trinajstić information content (AvgIpc) is 2.44. The largest absolute Gasteiger partial charge is 0.496 e. The molecular formula is C15H12BrClO3. The first-order valence-electron chi connectivity index (χ1n) is 5.78. The second-order valence-electron chi connectivity index (χ2n) is 4.02. The lowest BCUT2D eigenvalue weighted by Crippen LogP contribution is -2.06. The number of ether oxygens (including phenoxy) is 2. The van der Waals surface area contributed by atoms with Crippen LogP contribution in [0.5, 0.6) is 11.5 Å². The third-order valence-corrected chi connectivity index (χ3v) is 3.46. The number of carbonyl (C=O) groups is 1. The van der Waals surface area contributed by atoms with Gasteiger partial charge in [-0.1, -0.05) is 33.6 Å². The van der Waals surface area contributed by atoms with Gasteiger partial charge in [0.2, 0.25) is 5.78 Å². The summed E-state index contributed by atoms with van der Waals surface area (Å²) in [6.07, 6.45) is 0. The van der Waals surface area contributed by atoms with Crippen LogP contribution in [-0.4, -0.2) is 20.0 Å². The zero-order chi connectivity index (χ0) is 14.7. The molecule has 20 heavy (non-hydrogen) atoms. The van der Waals surface area contributed by atoms with Gasteiger partial charge in [-0.05, 0) is 30.3 Å².